The Morgan fingerprint density at radius 2 is 1.00 bits per heavy atom. The molecule has 0 atom stereocenters. The minimum absolute atomic E-state index is 0.0278. The van der Waals surface area contributed by atoms with Crippen molar-refractivity contribution < 1.29 is 34.8 Å². The molecule has 2 aliphatic rings. The topological polar surface area (TPSA) is 124 Å². The Morgan fingerprint density at radius 1 is 0.680 bits per heavy atom. The molecule has 0 amide bonds. The standard InChI is InChI=1S/2C7H12O2.C4H10O3/c2*8-7(9)6-4-2-1-3-5-6;5-1-3-7-4-2-6/h2*6H,1-5H2,(H,8,9);5-6H,1-4H2. The number of aliphatic hydroxyl groups excluding tert-OH is 2. The largest absolute Gasteiger partial charge is 0.481 e. The summed E-state index contributed by atoms with van der Waals surface area (Å²) in [4.78, 5) is 20.7. The molecule has 0 aromatic rings. The lowest BCUT2D eigenvalue weighted by atomic mass is 9.90. The van der Waals surface area contributed by atoms with Crippen molar-refractivity contribution in [1.29, 1.82) is 0 Å². The average Bonchev–Trinajstić information content (AvgIpc) is 2.65. The van der Waals surface area contributed by atoms with E-state index in [-0.39, 0.29) is 25.0 Å². The highest BCUT2D eigenvalue weighted by molar-refractivity contribution is 5.70. The molecule has 0 saturated heterocycles. The lowest BCUT2D eigenvalue weighted by Crippen LogP contribution is -2.16. The molecular formula is C18H34O7. The molecule has 0 aliphatic heterocycles. The number of carboxylic acids is 2. The summed E-state index contributed by atoms with van der Waals surface area (Å²) in [5, 5.41) is 33.2. The van der Waals surface area contributed by atoms with Gasteiger partial charge in [0.2, 0.25) is 0 Å². The molecule has 0 unspecified atom stereocenters. The highest BCUT2D eigenvalue weighted by atomic mass is 16.5. The number of rotatable bonds is 6. The van der Waals surface area contributed by atoms with Crippen LogP contribution in [0.2, 0.25) is 0 Å². The number of carbonyl (C=O) groups is 2. The van der Waals surface area contributed by atoms with Crippen molar-refractivity contribution in [2.24, 2.45) is 11.8 Å². The van der Waals surface area contributed by atoms with E-state index in [4.69, 9.17) is 20.4 Å². The van der Waals surface area contributed by atoms with Crippen LogP contribution >= 0.6 is 0 Å². The maximum absolute atomic E-state index is 10.4. The summed E-state index contributed by atoms with van der Waals surface area (Å²) < 4.78 is 4.63. The Kier molecular flexibility index (Phi) is 15.5. The second kappa shape index (κ2) is 16.3. The molecule has 2 fully saturated rings. The average molecular weight is 362 g/mol. The summed E-state index contributed by atoms with van der Waals surface area (Å²) in [5.74, 6) is -1.26. The summed E-state index contributed by atoms with van der Waals surface area (Å²) in [6.45, 7) is 0.696. The molecule has 0 bridgehead atoms. The molecular weight excluding hydrogens is 328 g/mol. The van der Waals surface area contributed by atoms with Crippen LogP contribution in [0, 0.1) is 11.8 Å². The normalized spacial score (nSPS) is 18.3. The van der Waals surface area contributed by atoms with Crippen molar-refractivity contribution in [3.05, 3.63) is 0 Å². The molecule has 25 heavy (non-hydrogen) atoms. The number of aliphatic hydroxyl groups is 2. The van der Waals surface area contributed by atoms with Crippen molar-refractivity contribution in [2.45, 2.75) is 64.2 Å². The number of carboxylic acid groups (broad SMARTS) is 2. The first-order chi connectivity index (χ1) is 12.0. The van der Waals surface area contributed by atoms with E-state index in [0.29, 0.717) is 13.2 Å². The molecule has 0 radical (unpaired) electrons. The Labute approximate surface area is 150 Å². The van der Waals surface area contributed by atoms with Crippen molar-refractivity contribution in [1.82, 2.24) is 0 Å². The van der Waals surface area contributed by atoms with Gasteiger partial charge < -0.3 is 25.2 Å². The minimum Gasteiger partial charge on any atom is -0.481 e. The Morgan fingerprint density at radius 3 is 1.20 bits per heavy atom. The molecule has 2 aliphatic carbocycles. The Hall–Kier alpha value is -1.18. The fourth-order valence-electron chi connectivity index (χ4n) is 2.93. The van der Waals surface area contributed by atoms with Gasteiger partial charge in [0.05, 0.1) is 38.3 Å². The molecule has 0 aromatic carbocycles. The van der Waals surface area contributed by atoms with Gasteiger partial charge in [-0.25, -0.2) is 0 Å². The van der Waals surface area contributed by atoms with Crippen LogP contribution in [-0.4, -0.2) is 58.8 Å². The van der Waals surface area contributed by atoms with Crippen molar-refractivity contribution in [3.8, 4) is 0 Å². The van der Waals surface area contributed by atoms with E-state index >= 15 is 0 Å². The van der Waals surface area contributed by atoms with Crippen LogP contribution in [-0.2, 0) is 14.3 Å². The van der Waals surface area contributed by atoms with Gasteiger partial charge in [0, 0.05) is 0 Å². The summed E-state index contributed by atoms with van der Waals surface area (Å²) >= 11 is 0. The minimum atomic E-state index is -0.602. The summed E-state index contributed by atoms with van der Waals surface area (Å²) in [5.41, 5.74) is 0. The molecule has 2 saturated carbocycles. The van der Waals surface area contributed by atoms with Crippen LogP contribution in [0.25, 0.3) is 0 Å². The van der Waals surface area contributed by atoms with Crippen LogP contribution in [0.3, 0.4) is 0 Å². The zero-order valence-electron chi connectivity index (χ0n) is 15.1. The van der Waals surface area contributed by atoms with E-state index in [0.717, 1.165) is 51.4 Å². The van der Waals surface area contributed by atoms with E-state index in [2.05, 4.69) is 4.74 Å². The van der Waals surface area contributed by atoms with Gasteiger partial charge in [-0.05, 0) is 25.7 Å². The number of aliphatic carboxylic acids is 2. The van der Waals surface area contributed by atoms with Crippen molar-refractivity contribution >= 4 is 11.9 Å². The molecule has 7 heteroatoms. The molecule has 4 N–H and O–H groups in total. The zero-order valence-corrected chi connectivity index (χ0v) is 15.1. The van der Waals surface area contributed by atoms with Gasteiger partial charge in [-0.2, -0.15) is 0 Å². The Bertz CT molecular complexity index is 302. The smallest absolute Gasteiger partial charge is 0.306 e. The van der Waals surface area contributed by atoms with E-state index in [1.165, 1.54) is 12.8 Å². The fraction of sp³-hybridized carbons (Fsp3) is 0.889. The number of hydrogen-bond donors (Lipinski definition) is 4. The highest BCUT2D eigenvalue weighted by Crippen LogP contribution is 2.23. The van der Waals surface area contributed by atoms with Crippen LogP contribution < -0.4 is 0 Å². The second-order valence-corrected chi connectivity index (χ2v) is 6.41. The first-order valence-electron chi connectivity index (χ1n) is 9.28. The lowest BCUT2D eigenvalue weighted by Gasteiger charge is -2.16. The maximum atomic E-state index is 10.4. The summed E-state index contributed by atoms with van der Waals surface area (Å²) in [6.07, 6.45) is 10.5. The zero-order chi connectivity index (χ0) is 18.9. The predicted molar refractivity (Wildman–Crippen MR) is 93.4 cm³/mol. The van der Waals surface area contributed by atoms with E-state index < -0.39 is 11.9 Å². The summed E-state index contributed by atoms with van der Waals surface area (Å²) in [7, 11) is 0. The first kappa shape index (κ1) is 23.8. The maximum Gasteiger partial charge on any atom is 0.306 e. The number of ether oxygens (including phenoxy) is 1. The quantitative estimate of drug-likeness (QED) is 0.534. The van der Waals surface area contributed by atoms with Gasteiger partial charge in [-0.3, -0.25) is 9.59 Å². The van der Waals surface area contributed by atoms with Crippen LogP contribution in [0.1, 0.15) is 64.2 Å². The predicted octanol–water partition coefficient (Wildman–Crippen LogP) is 2.29. The fourth-order valence-corrected chi connectivity index (χ4v) is 2.93. The van der Waals surface area contributed by atoms with E-state index in [9.17, 15) is 9.59 Å². The van der Waals surface area contributed by atoms with E-state index in [1.54, 1.807) is 0 Å². The molecule has 148 valence electrons. The van der Waals surface area contributed by atoms with Gasteiger partial charge in [0.15, 0.2) is 0 Å². The third-order valence-electron chi connectivity index (χ3n) is 4.38. The Balaban J connectivity index is 0.000000350. The lowest BCUT2D eigenvalue weighted by molar-refractivity contribution is -0.143. The van der Waals surface area contributed by atoms with Gasteiger partial charge in [-0.1, -0.05) is 38.5 Å². The monoisotopic (exact) mass is 362 g/mol. The molecule has 0 aromatic heterocycles. The van der Waals surface area contributed by atoms with Crippen LogP contribution in [0.4, 0.5) is 0 Å². The van der Waals surface area contributed by atoms with Crippen LogP contribution in [0.5, 0.6) is 0 Å². The van der Waals surface area contributed by atoms with Gasteiger partial charge in [0.25, 0.3) is 0 Å². The van der Waals surface area contributed by atoms with Gasteiger partial charge in [0.1, 0.15) is 0 Å². The van der Waals surface area contributed by atoms with Crippen molar-refractivity contribution in [2.75, 3.05) is 26.4 Å². The van der Waals surface area contributed by atoms with Crippen molar-refractivity contribution in [3.63, 3.8) is 0 Å². The second-order valence-electron chi connectivity index (χ2n) is 6.41. The first-order valence-corrected chi connectivity index (χ1v) is 9.28. The van der Waals surface area contributed by atoms with Gasteiger partial charge in [-0.15, -0.1) is 0 Å². The SMILES string of the molecule is O=C(O)C1CCCCC1.O=C(O)C1CCCCC1.OCCOCCO. The van der Waals surface area contributed by atoms with Crippen LogP contribution in [0.15, 0.2) is 0 Å². The molecule has 7 nitrogen and oxygen atoms in total. The third kappa shape index (κ3) is 13.8. The molecule has 0 heterocycles. The number of hydrogen-bond acceptors (Lipinski definition) is 5. The molecule has 0 spiro atoms. The third-order valence-corrected chi connectivity index (χ3v) is 4.38. The summed E-state index contributed by atoms with van der Waals surface area (Å²) in [6, 6.07) is 0. The van der Waals surface area contributed by atoms with E-state index in [1.807, 2.05) is 0 Å². The molecule has 2 rings (SSSR count). The highest BCUT2D eigenvalue weighted by Gasteiger charge is 2.20. The van der Waals surface area contributed by atoms with Gasteiger partial charge >= 0.3 is 11.9 Å².